The number of rotatable bonds is 7. The molecule has 0 spiro atoms. The number of urea groups is 1. The molecule has 0 heterocycles. The maximum absolute atomic E-state index is 13.7. The number of aliphatic hydroxyl groups excluding tert-OH is 1. The fourth-order valence-corrected chi connectivity index (χ4v) is 1.96. The molecule has 4 nitrogen and oxygen atoms in total. The Kier molecular flexibility index (Phi) is 7.33. The van der Waals surface area contributed by atoms with Crippen molar-refractivity contribution in [3.05, 3.63) is 29.0 Å². The third kappa shape index (κ3) is 4.98. The zero-order valence-electron chi connectivity index (χ0n) is 11.5. The van der Waals surface area contributed by atoms with Crippen LogP contribution in [0.4, 0.5) is 14.9 Å². The van der Waals surface area contributed by atoms with Gasteiger partial charge in [0.2, 0.25) is 0 Å². The molecule has 0 unspecified atom stereocenters. The molecule has 2 amide bonds. The van der Waals surface area contributed by atoms with Crippen LogP contribution in [0.5, 0.6) is 0 Å². The Labute approximate surface area is 123 Å². The number of hydrogen-bond donors (Lipinski definition) is 2. The highest BCUT2D eigenvalue weighted by atomic mass is 35.5. The second-order valence-electron chi connectivity index (χ2n) is 4.45. The fraction of sp³-hybridized carbons (Fsp3) is 0.500. The van der Waals surface area contributed by atoms with Crippen LogP contribution in [0.3, 0.4) is 0 Å². The number of nitrogens with one attached hydrogen (secondary N) is 1. The minimum atomic E-state index is -0.653. The van der Waals surface area contributed by atoms with E-state index in [1.54, 1.807) is 6.07 Å². The second-order valence-corrected chi connectivity index (χ2v) is 4.86. The Balaban J connectivity index is 2.67. The third-order valence-corrected chi connectivity index (χ3v) is 3.17. The van der Waals surface area contributed by atoms with Gasteiger partial charge in [0.25, 0.3) is 0 Å². The first-order valence-electron chi connectivity index (χ1n) is 6.71. The molecule has 0 bridgehead atoms. The number of carbonyl (C=O) groups is 1. The number of nitrogens with zero attached hydrogens (tertiary/aromatic N) is 1. The normalized spacial score (nSPS) is 10.4. The van der Waals surface area contributed by atoms with Gasteiger partial charge in [-0.25, -0.2) is 9.18 Å². The van der Waals surface area contributed by atoms with Crippen LogP contribution >= 0.6 is 11.6 Å². The predicted octanol–water partition coefficient (Wildman–Crippen LogP) is 3.50. The van der Waals surface area contributed by atoms with Gasteiger partial charge in [-0.05, 0) is 18.6 Å². The van der Waals surface area contributed by atoms with Gasteiger partial charge < -0.3 is 15.3 Å². The van der Waals surface area contributed by atoms with E-state index in [1.165, 1.54) is 17.0 Å². The van der Waals surface area contributed by atoms with E-state index in [9.17, 15) is 9.18 Å². The van der Waals surface area contributed by atoms with Crippen molar-refractivity contribution in [3.63, 3.8) is 0 Å². The number of unbranched alkanes of at least 4 members (excludes halogenated alkanes) is 2. The Bertz CT molecular complexity index is 443. The van der Waals surface area contributed by atoms with Gasteiger partial charge in [-0.1, -0.05) is 37.4 Å². The van der Waals surface area contributed by atoms with Crippen LogP contribution in [0.25, 0.3) is 0 Å². The average molecular weight is 303 g/mol. The van der Waals surface area contributed by atoms with Crippen molar-refractivity contribution in [1.29, 1.82) is 0 Å². The van der Waals surface area contributed by atoms with Crippen molar-refractivity contribution < 1.29 is 14.3 Å². The molecule has 0 fully saturated rings. The molecular weight excluding hydrogens is 283 g/mol. The standard InChI is InChI=1S/C14H20ClFN2O2/c1-2-3-4-8-18(9-10-19)14(20)17-12-7-5-6-11(15)13(12)16/h5-7,19H,2-4,8-10H2,1H3,(H,17,20). The van der Waals surface area contributed by atoms with Crippen LogP contribution in [-0.2, 0) is 0 Å². The van der Waals surface area contributed by atoms with Gasteiger partial charge in [-0.2, -0.15) is 0 Å². The van der Waals surface area contributed by atoms with Gasteiger partial charge in [0.05, 0.1) is 17.3 Å². The van der Waals surface area contributed by atoms with Gasteiger partial charge in [0.1, 0.15) is 0 Å². The SMILES string of the molecule is CCCCCN(CCO)C(=O)Nc1cccc(Cl)c1F. The number of hydrogen-bond acceptors (Lipinski definition) is 2. The lowest BCUT2D eigenvalue weighted by Gasteiger charge is -2.22. The first kappa shape index (κ1) is 16.7. The Morgan fingerprint density at radius 1 is 1.40 bits per heavy atom. The molecule has 1 aromatic carbocycles. The molecule has 1 rings (SSSR count). The Morgan fingerprint density at radius 3 is 2.80 bits per heavy atom. The van der Waals surface area contributed by atoms with Crippen LogP contribution in [0.15, 0.2) is 18.2 Å². The molecule has 6 heteroatoms. The summed E-state index contributed by atoms with van der Waals surface area (Å²) in [7, 11) is 0. The Morgan fingerprint density at radius 2 is 2.15 bits per heavy atom. The quantitative estimate of drug-likeness (QED) is 0.758. The van der Waals surface area contributed by atoms with Crippen LogP contribution in [0, 0.1) is 5.82 Å². The topological polar surface area (TPSA) is 52.6 Å². The number of benzene rings is 1. The van der Waals surface area contributed by atoms with E-state index in [0.29, 0.717) is 6.54 Å². The molecule has 2 N–H and O–H groups in total. The first-order chi connectivity index (χ1) is 9.60. The number of anilines is 1. The molecule has 0 aromatic heterocycles. The summed E-state index contributed by atoms with van der Waals surface area (Å²) < 4.78 is 13.7. The van der Waals surface area contributed by atoms with E-state index >= 15 is 0 Å². The monoisotopic (exact) mass is 302 g/mol. The summed E-state index contributed by atoms with van der Waals surface area (Å²) in [4.78, 5) is 13.5. The largest absolute Gasteiger partial charge is 0.395 e. The average Bonchev–Trinajstić information content (AvgIpc) is 2.43. The van der Waals surface area contributed by atoms with Crippen molar-refractivity contribution in [2.75, 3.05) is 25.0 Å². The van der Waals surface area contributed by atoms with E-state index in [0.717, 1.165) is 19.3 Å². The van der Waals surface area contributed by atoms with Crippen molar-refractivity contribution >= 4 is 23.3 Å². The molecule has 1 aromatic rings. The van der Waals surface area contributed by atoms with Crippen LogP contribution < -0.4 is 5.32 Å². The molecular formula is C14H20ClFN2O2. The zero-order valence-corrected chi connectivity index (χ0v) is 12.3. The summed E-state index contributed by atoms with van der Waals surface area (Å²) in [6.07, 6.45) is 2.89. The molecule has 112 valence electrons. The summed E-state index contributed by atoms with van der Waals surface area (Å²) in [6, 6.07) is 3.99. The molecule has 0 saturated heterocycles. The molecule has 0 aliphatic heterocycles. The third-order valence-electron chi connectivity index (χ3n) is 2.88. The van der Waals surface area contributed by atoms with E-state index in [1.807, 2.05) is 0 Å². The lowest BCUT2D eigenvalue weighted by atomic mass is 10.2. The van der Waals surface area contributed by atoms with Gasteiger partial charge in [-0.15, -0.1) is 0 Å². The molecule has 0 atom stereocenters. The zero-order chi connectivity index (χ0) is 15.0. The van der Waals surface area contributed by atoms with Crippen molar-refractivity contribution in [2.24, 2.45) is 0 Å². The highest BCUT2D eigenvalue weighted by molar-refractivity contribution is 6.31. The Hall–Kier alpha value is -1.33. The first-order valence-corrected chi connectivity index (χ1v) is 7.08. The van der Waals surface area contributed by atoms with E-state index < -0.39 is 11.8 Å². The summed E-state index contributed by atoms with van der Waals surface area (Å²) in [6.45, 7) is 2.69. The summed E-state index contributed by atoms with van der Waals surface area (Å²) in [5.74, 6) is -0.653. The maximum atomic E-state index is 13.7. The van der Waals surface area contributed by atoms with Crippen molar-refractivity contribution in [2.45, 2.75) is 26.2 Å². The van der Waals surface area contributed by atoms with Gasteiger partial charge in [0.15, 0.2) is 5.82 Å². The smallest absolute Gasteiger partial charge is 0.322 e. The van der Waals surface area contributed by atoms with Gasteiger partial charge >= 0.3 is 6.03 Å². The lowest BCUT2D eigenvalue weighted by molar-refractivity contribution is 0.187. The van der Waals surface area contributed by atoms with E-state index in [4.69, 9.17) is 16.7 Å². The van der Waals surface area contributed by atoms with Crippen molar-refractivity contribution in [1.82, 2.24) is 4.90 Å². The van der Waals surface area contributed by atoms with Crippen LogP contribution in [0.2, 0.25) is 5.02 Å². The predicted molar refractivity (Wildman–Crippen MR) is 78.6 cm³/mol. The van der Waals surface area contributed by atoms with Crippen LogP contribution in [0.1, 0.15) is 26.2 Å². The van der Waals surface area contributed by atoms with Crippen molar-refractivity contribution in [3.8, 4) is 0 Å². The fourth-order valence-electron chi connectivity index (χ4n) is 1.78. The summed E-state index contributed by atoms with van der Waals surface area (Å²) in [5.41, 5.74) is 0.0425. The minimum Gasteiger partial charge on any atom is -0.395 e. The summed E-state index contributed by atoms with van der Waals surface area (Å²) in [5, 5.41) is 11.4. The van der Waals surface area contributed by atoms with E-state index in [-0.39, 0.29) is 23.9 Å². The molecule has 0 aliphatic carbocycles. The maximum Gasteiger partial charge on any atom is 0.322 e. The highest BCUT2D eigenvalue weighted by Gasteiger charge is 2.15. The van der Waals surface area contributed by atoms with Gasteiger partial charge in [-0.3, -0.25) is 0 Å². The number of carbonyl (C=O) groups excluding carboxylic acids is 1. The lowest BCUT2D eigenvalue weighted by Crippen LogP contribution is -2.38. The molecule has 0 aliphatic rings. The number of halogens is 2. The molecule has 20 heavy (non-hydrogen) atoms. The number of aliphatic hydroxyl groups is 1. The molecule has 0 saturated carbocycles. The number of amides is 2. The summed E-state index contributed by atoms with van der Waals surface area (Å²) >= 11 is 5.66. The minimum absolute atomic E-state index is 0.0394. The van der Waals surface area contributed by atoms with Gasteiger partial charge in [0, 0.05) is 13.1 Å². The highest BCUT2D eigenvalue weighted by Crippen LogP contribution is 2.22. The van der Waals surface area contributed by atoms with Crippen LogP contribution in [-0.4, -0.2) is 35.7 Å². The second kappa shape index (κ2) is 8.76. The molecule has 0 radical (unpaired) electrons. The van der Waals surface area contributed by atoms with E-state index in [2.05, 4.69) is 12.2 Å².